The zero-order valence-corrected chi connectivity index (χ0v) is 8.52. The lowest BCUT2D eigenvalue weighted by atomic mass is 10.1. The topological polar surface area (TPSA) is 60.8 Å². The highest BCUT2D eigenvalue weighted by Gasteiger charge is 2.19. The van der Waals surface area contributed by atoms with Crippen molar-refractivity contribution < 1.29 is 23.8 Å². The molecule has 0 heterocycles. The zero-order valence-electron chi connectivity index (χ0n) is 8.52. The van der Waals surface area contributed by atoms with E-state index in [4.69, 9.17) is 5.11 Å². The molecule has 0 aliphatic carbocycles. The van der Waals surface area contributed by atoms with Gasteiger partial charge in [-0.15, -0.1) is 0 Å². The molecule has 4 nitrogen and oxygen atoms in total. The molecule has 1 rings (SSSR count). The molecule has 0 spiro atoms. The smallest absolute Gasteiger partial charge is 0.257 e. The first kappa shape index (κ1) is 12.2. The Morgan fingerprint density at radius 2 is 2.06 bits per heavy atom. The largest absolute Gasteiger partial charge is 0.508 e. The summed E-state index contributed by atoms with van der Waals surface area (Å²) >= 11 is 0. The average molecular weight is 231 g/mol. The number of aromatic hydroxyl groups is 2. The summed E-state index contributed by atoms with van der Waals surface area (Å²) in [6.45, 7) is -0.728. The molecular weight excluding hydrogens is 220 g/mol. The van der Waals surface area contributed by atoms with Gasteiger partial charge >= 0.3 is 0 Å². The predicted molar refractivity (Wildman–Crippen MR) is 52.7 cm³/mol. The van der Waals surface area contributed by atoms with E-state index in [2.05, 4.69) is 0 Å². The van der Waals surface area contributed by atoms with Gasteiger partial charge in [-0.3, -0.25) is 4.79 Å². The molecule has 0 unspecified atom stereocenters. The number of halogens is 2. The summed E-state index contributed by atoms with van der Waals surface area (Å²) in [4.78, 5) is 12.4. The van der Waals surface area contributed by atoms with Crippen LogP contribution in [0, 0.1) is 0 Å². The highest BCUT2D eigenvalue weighted by molar-refractivity contribution is 5.97. The van der Waals surface area contributed by atoms with Crippen LogP contribution in [0.4, 0.5) is 8.78 Å². The van der Waals surface area contributed by atoms with E-state index in [1.807, 2.05) is 0 Å². The van der Waals surface area contributed by atoms with Crippen LogP contribution in [0.15, 0.2) is 18.2 Å². The fraction of sp³-hybridized carbons (Fsp3) is 0.300. The molecule has 16 heavy (non-hydrogen) atoms. The monoisotopic (exact) mass is 231 g/mol. The number of carbonyl (C=O) groups excluding carboxylic acids is 1. The van der Waals surface area contributed by atoms with Crippen molar-refractivity contribution in [2.75, 3.05) is 13.6 Å². The average Bonchev–Trinajstić information content (AvgIpc) is 2.19. The van der Waals surface area contributed by atoms with Gasteiger partial charge in [0.1, 0.15) is 11.5 Å². The Hall–Kier alpha value is -1.85. The van der Waals surface area contributed by atoms with Crippen LogP contribution in [0.25, 0.3) is 0 Å². The van der Waals surface area contributed by atoms with Crippen LogP contribution >= 0.6 is 0 Å². The number of alkyl halides is 2. The molecule has 0 aliphatic heterocycles. The molecular formula is C10H11F2NO3. The maximum atomic E-state index is 12.0. The summed E-state index contributed by atoms with van der Waals surface area (Å²) in [6, 6.07) is 3.34. The Balaban J connectivity index is 2.91. The number of nitrogens with zero attached hydrogens (tertiary/aromatic N) is 1. The predicted octanol–water partition coefficient (Wildman–Crippen LogP) is 1.43. The van der Waals surface area contributed by atoms with Gasteiger partial charge in [-0.2, -0.15) is 0 Å². The van der Waals surface area contributed by atoms with Crippen molar-refractivity contribution in [2.45, 2.75) is 6.43 Å². The SMILES string of the molecule is CN(CC(F)F)C(=O)c1cc(O)ccc1O. The molecule has 0 aliphatic rings. The Morgan fingerprint density at radius 1 is 1.44 bits per heavy atom. The quantitative estimate of drug-likeness (QED) is 0.774. The maximum Gasteiger partial charge on any atom is 0.257 e. The highest BCUT2D eigenvalue weighted by Crippen LogP contribution is 2.23. The normalized spacial score (nSPS) is 10.5. The van der Waals surface area contributed by atoms with Crippen LogP contribution in [0.2, 0.25) is 0 Å². The van der Waals surface area contributed by atoms with Crippen molar-refractivity contribution in [1.29, 1.82) is 0 Å². The molecule has 1 aromatic rings. The van der Waals surface area contributed by atoms with Crippen molar-refractivity contribution in [1.82, 2.24) is 4.90 Å². The third-order valence-electron chi connectivity index (χ3n) is 1.97. The van der Waals surface area contributed by atoms with Crippen LogP contribution in [0.3, 0.4) is 0 Å². The second-order valence-electron chi connectivity index (χ2n) is 3.28. The zero-order chi connectivity index (χ0) is 12.3. The summed E-state index contributed by atoms with van der Waals surface area (Å²) in [5.74, 6) is -1.34. The number of hydrogen-bond acceptors (Lipinski definition) is 3. The summed E-state index contributed by atoms with van der Waals surface area (Å²) in [7, 11) is 1.19. The molecule has 0 saturated carbocycles. The van der Waals surface area contributed by atoms with Gasteiger partial charge in [0.2, 0.25) is 0 Å². The molecule has 1 aromatic carbocycles. The minimum absolute atomic E-state index is 0.205. The van der Waals surface area contributed by atoms with E-state index in [-0.39, 0.29) is 17.1 Å². The number of hydrogen-bond donors (Lipinski definition) is 2. The number of benzene rings is 1. The van der Waals surface area contributed by atoms with Crippen molar-refractivity contribution >= 4 is 5.91 Å². The lowest BCUT2D eigenvalue weighted by Crippen LogP contribution is -2.31. The fourth-order valence-electron chi connectivity index (χ4n) is 1.19. The van der Waals surface area contributed by atoms with E-state index >= 15 is 0 Å². The molecule has 6 heteroatoms. The Labute approximate surface area is 90.7 Å². The number of rotatable bonds is 3. The number of amides is 1. The van der Waals surface area contributed by atoms with Crippen molar-refractivity contribution in [3.05, 3.63) is 23.8 Å². The summed E-state index contributed by atoms with van der Waals surface area (Å²) in [6.07, 6.45) is -2.64. The highest BCUT2D eigenvalue weighted by atomic mass is 19.3. The first-order valence-corrected chi connectivity index (χ1v) is 4.47. The van der Waals surface area contributed by atoms with E-state index in [1.165, 1.54) is 13.1 Å². The summed E-state index contributed by atoms with van der Waals surface area (Å²) in [5, 5.41) is 18.5. The number of phenolic OH excluding ortho intramolecular Hbond substituents is 2. The van der Waals surface area contributed by atoms with Crippen LogP contribution in [-0.2, 0) is 0 Å². The van der Waals surface area contributed by atoms with E-state index in [9.17, 15) is 18.7 Å². The van der Waals surface area contributed by atoms with Gasteiger partial charge in [0.05, 0.1) is 12.1 Å². The van der Waals surface area contributed by atoms with E-state index in [1.54, 1.807) is 0 Å². The van der Waals surface area contributed by atoms with Gasteiger partial charge in [0, 0.05) is 7.05 Å². The van der Waals surface area contributed by atoms with Gasteiger partial charge < -0.3 is 15.1 Å². The lowest BCUT2D eigenvalue weighted by molar-refractivity contribution is 0.0617. The van der Waals surface area contributed by atoms with E-state index in [0.717, 1.165) is 17.0 Å². The minimum atomic E-state index is -2.64. The Morgan fingerprint density at radius 3 is 2.62 bits per heavy atom. The van der Waals surface area contributed by atoms with Crippen molar-refractivity contribution in [3.8, 4) is 11.5 Å². The molecule has 0 radical (unpaired) electrons. The van der Waals surface area contributed by atoms with Crippen LogP contribution in [-0.4, -0.2) is 41.0 Å². The Bertz CT molecular complexity index is 396. The summed E-state index contributed by atoms with van der Waals surface area (Å²) in [5.41, 5.74) is -0.205. The summed E-state index contributed by atoms with van der Waals surface area (Å²) < 4.78 is 24.1. The van der Waals surface area contributed by atoms with Gasteiger partial charge in [0.25, 0.3) is 12.3 Å². The molecule has 88 valence electrons. The standard InChI is InChI=1S/C10H11F2NO3/c1-13(5-9(11)12)10(16)7-4-6(14)2-3-8(7)15/h2-4,9,14-15H,5H2,1H3. The van der Waals surface area contributed by atoms with Gasteiger partial charge in [-0.05, 0) is 18.2 Å². The first-order chi connectivity index (χ1) is 7.41. The van der Waals surface area contributed by atoms with E-state index < -0.39 is 18.9 Å². The van der Waals surface area contributed by atoms with E-state index in [0.29, 0.717) is 0 Å². The molecule has 0 bridgehead atoms. The minimum Gasteiger partial charge on any atom is -0.508 e. The maximum absolute atomic E-state index is 12.0. The third kappa shape index (κ3) is 2.82. The Kier molecular flexibility index (Phi) is 3.65. The van der Waals surface area contributed by atoms with Crippen molar-refractivity contribution in [2.24, 2.45) is 0 Å². The number of phenols is 2. The van der Waals surface area contributed by atoms with Crippen LogP contribution < -0.4 is 0 Å². The second kappa shape index (κ2) is 4.78. The molecule has 0 atom stereocenters. The van der Waals surface area contributed by atoms with Crippen molar-refractivity contribution in [3.63, 3.8) is 0 Å². The van der Waals surface area contributed by atoms with Crippen LogP contribution in [0.5, 0.6) is 11.5 Å². The molecule has 0 fully saturated rings. The fourth-order valence-corrected chi connectivity index (χ4v) is 1.19. The third-order valence-corrected chi connectivity index (χ3v) is 1.97. The molecule has 0 saturated heterocycles. The second-order valence-corrected chi connectivity index (χ2v) is 3.28. The van der Waals surface area contributed by atoms with Gasteiger partial charge in [-0.1, -0.05) is 0 Å². The van der Waals surface area contributed by atoms with Gasteiger partial charge in [0.15, 0.2) is 0 Å². The number of carbonyl (C=O) groups is 1. The molecule has 2 N–H and O–H groups in total. The van der Waals surface area contributed by atoms with Crippen LogP contribution in [0.1, 0.15) is 10.4 Å². The lowest BCUT2D eigenvalue weighted by Gasteiger charge is -2.17. The van der Waals surface area contributed by atoms with Gasteiger partial charge in [-0.25, -0.2) is 8.78 Å². The first-order valence-electron chi connectivity index (χ1n) is 4.47. The molecule has 0 aromatic heterocycles. The molecule has 1 amide bonds.